The van der Waals surface area contributed by atoms with E-state index < -0.39 is 23.3 Å². The Hall–Kier alpha value is -2.42. The minimum Gasteiger partial charge on any atom is -0.480 e. The summed E-state index contributed by atoms with van der Waals surface area (Å²) in [5, 5.41) is 8.78. The molecule has 19 heavy (non-hydrogen) atoms. The molecule has 2 aromatic heterocycles. The summed E-state index contributed by atoms with van der Waals surface area (Å²) in [7, 11) is 3.04. The predicted molar refractivity (Wildman–Crippen MR) is 65.9 cm³/mol. The van der Waals surface area contributed by atoms with Crippen molar-refractivity contribution >= 4 is 17.1 Å². The van der Waals surface area contributed by atoms with Crippen LogP contribution in [0.25, 0.3) is 11.2 Å². The van der Waals surface area contributed by atoms with Gasteiger partial charge < -0.3 is 15.4 Å². The van der Waals surface area contributed by atoms with E-state index in [1.807, 2.05) is 0 Å². The first kappa shape index (κ1) is 13.0. The maximum absolute atomic E-state index is 11.7. The quantitative estimate of drug-likeness (QED) is 0.583. The summed E-state index contributed by atoms with van der Waals surface area (Å²) in [4.78, 5) is 40.2. The number of aryl methyl sites for hydroxylation is 2. The highest BCUT2D eigenvalue weighted by Gasteiger charge is 2.19. The monoisotopic (exact) mass is 267 g/mol. The fourth-order valence-corrected chi connectivity index (χ4v) is 1.82. The SMILES string of the molecule is Cn1c(CC(N)C(=O)O)nc2c1c(=O)[nH]c(=O)n2C. The van der Waals surface area contributed by atoms with Crippen molar-refractivity contribution in [2.75, 3.05) is 0 Å². The number of hydrogen-bond acceptors (Lipinski definition) is 5. The Morgan fingerprint density at radius 3 is 2.63 bits per heavy atom. The van der Waals surface area contributed by atoms with Gasteiger partial charge in [0.15, 0.2) is 11.2 Å². The number of H-pyrrole nitrogens is 1. The van der Waals surface area contributed by atoms with Crippen LogP contribution < -0.4 is 17.0 Å². The van der Waals surface area contributed by atoms with Gasteiger partial charge in [0.25, 0.3) is 5.56 Å². The number of carboxylic acid groups (broad SMARTS) is 1. The molecule has 2 heterocycles. The molecule has 0 aliphatic rings. The van der Waals surface area contributed by atoms with Crippen molar-refractivity contribution in [1.82, 2.24) is 19.1 Å². The highest BCUT2D eigenvalue weighted by Crippen LogP contribution is 2.09. The molecule has 0 aliphatic carbocycles. The summed E-state index contributed by atoms with van der Waals surface area (Å²) < 4.78 is 2.63. The van der Waals surface area contributed by atoms with Crippen LogP contribution in [0.5, 0.6) is 0 Å². The maximum atomic E-state index is 11.7. The van der Waals surface area contributed by atoms with Crippen molar-refractivity contribution in [3.05, 3.63) is 26.7 Å². The van der Waals surface area contributed by atoms with E-state index in [2.05, 4.69) is 9.97 Å². The van der Waals surface area contributed by atoms with E-state index in [0.717, 1.165) is 0 Å². The number of nitrogens with zero attached hydrogens (tertiary/aromatic N) is 3. The van der Waals surface area contributed by atoms with Gasteiger partial charge in [-0.15, -0.1) is 0 Å². The third kappa shape index (κ3) is 2.03. The van der Waals surface area contributed by atoms with Gasteiger partial charge in [-0.3, -0.25) is 19.1 Å². The van der Waals surface area contributed by atoms with E-state index in [-0.39, 0.29) is 17.6 Å². The van der Waals surface area contributed by atoms with Crippen LogP contribution in [0.15, 0.2) is 9.59 Å². The number of aromatic nitrogens is 4. The van der Waals surface area contributed by atoms with E-state index in [9.17, 15) is 14.4 Å². The highest BCUT2D eigenvalue weighted by molar-refractivity contribution is 5.74. The molecule has 2 rings (SSSR count). The fraction of sp³-hybridized carbons (Fsp3) is 0.400. The van der Waals surface area contributed by atoms with Gasteiger partial charge in [-0.2, -0.15) is 0 Å². The lowest BCUT2D eigenvalue weighted by Crippen LogP contribution is -2.33. The lowest BCUT2D eigenvalue weighted by molar-refractivity contribution is -0.138. The Morgan fingerprint density at radius 1 is 1.42 bits per heavy atom. The minimum absolute atomic E-state index is 0.0336. The molecular weight excluding hydrogens is 254 g/mol. The van der Waals surface area contributed by atoms with E-state index in [1.165, 1.54) is 16.2 Å². The summed E-state index contributed by atoms with van der Waals surface area (Å²) in [5.41, 5.74) is 4.69. The molecule has 0 spiro atoms. The molecule has 0 amide bonds. The molecule has 0 aliphatic heterocycles. The Labute approximate surface area is 106 Å². The van der Waals surface area contributed by atoms with E-state index in [1.54, 1.807) is 7.05 Å². The van der Waals surface area contributed by atoms with Crippen molar-refractivity contribution < 1.29 is 9.90 Å². The van der Waals surface area contributed by atoms with Crippen LogP contribution >= 0.6 is 0 Å². The second-order valence-electron chi connectivity index (χ2n) is 4.23. The number of hydrogen-bond donors (Lipinski definition) is 3. The van der Waals surface area contributed by atoms with Gasteiger partial charge in [0.2, 0.25) is 0 Å². The van der Waals surface area contributed by atoms with Crippen LogP contribution in [-0.2, 0) is 25.3 Å². The average molecular weight is 267 g/mol. The molecule has 9 nitrogen and oxygen atoms in total. The number of carboxylic acids is 1. The first-order valence-corrected chi connectivity index (χ1v) is 5.46. The second kappa shape index (κ2) is 4.35. The summed E-state index contributed by atoms with van der Waals surface area (Å²) in [6, 6.07) is -1.12. The molecule has 9 heteroatoms. The third-order valence-electron chi connectivity index (χ3n) is 2.95. The fourth-order valence-electron chi connectivity index (χ4n) is 1.82. The van der Waals surface area contributed by atoms with Crippen LogP contribution in [0.3, 0.4) is 0 Å². The van der Waals surface area contributed by atoms with Crippen molar-refractivity contribution in [3.8, 4) is 0 Å². The van der Waals surface area contributed by atoms with Crippen LogP contribution in [0.1, 0.15) is 5.82 Å². The second-order valence-corrected chi connectivity index (χ2v) is 4.23. The molecule has 0 aromatic carbocycles. The van der Waals surface area contributed by atoms with Crippen molar-refractivity contribution in [3.63, 3.8) is 0 Å². The van der Waals surface area contributed by atoms with Crippen LogP contribution in [0.4, 0.5) is 0 Å². The minimum atomic E-state index is -1.16. The number of imidazole rings is 1. The van der Waals surface area contributed by atoms with E-state index in [4.69, 9.17) is 10.8 Å². The molecule has 2 aromatic rings. The topological polar surface area (TPSA) is 136 Å². The van der Waals surface area contributed by atoms with Crippen molar-refractivity contribution in [1.29, 1.82) is 0 Å². The largest absolute Gasteiger partial charge is 0.480 e. The predicted octanol–water partition coefficient (Wildman–Crippen LogP) is -2.09. The highest BCUT2D eigenvalue weighted by atomic mass is 16.4. The van der Waals surface area contributed by atoms with Gasteiger partial charge in [-0.25, -0.2) is 9.78 Å². The summed E-state index contributed by atoms with van der Waals surface area (Å²) in [5.74, 6) is -0.827. The lowest BCUT2D eigenvalue weighted by Gasteiger charge is -2.05. The van der Waals surface area contributed by atoms with Crippen LogP contribution in [-0.4, -0.2) is 36.2 Å². The zero-order valence-electron chi connectivity index (χ0n) is 10.4. The van der Waals surface area contributed by atoms with Gasteiger partial charge in [-0.05, 0) is 0 Å². The molecule has 0 saturated heterocycles. The zero-order chi connectivity index (χ0) is 14.3. The Kier molecular flexibility index (Phi) is 2.98. The van der Waals surface area contributed by atoms with Gasteiger partial charge in [0.05, 0.1) is 0 Å². The van der Waals surface area contributed by atoms with Crippen LogP contribution in [0, 0.1) is 0 Å². The lowest BCUT2D eigenvalue weighted by atomic mass is 10.2. The molecule has 1 atom stereocenters. The van der Waals surface area contributed by atoms with Gasteiger partial charge in [-0.1, -0.05) is 0 Å². The number of nitrogens with two attached hydrogens (primary N) is 1. The number of nitrogens with one attached hydrogen (secondary N) is 1. The number of aromatic amines is 1. The third-order valence-corrected chi connectivity index (χ3v) is 2.95. The summed E-state index contributed by atoms with van der Waals surface area (Å²) in [6.07, 6.45) is -0.0336. The molecule has 102 valence electrons. The summed E-state index contributed by atoms with van der Waals surface area (Å²) in [6.45, 7) is 0. The molecule has 0 saturated carbocycles. The first-order chi connectivity index (χ1) is 8.82. The van der Waals surface area contributed by atoms with Crippen molar-refractivity contribution in [2.24, 2.45) is 19.8 Å². The maximum Gasteiger partial charge on any atom is 0.329 e. The Balaban J connectivity index is 2.67. The molecular formula is C10H13N5O4. The molecule has 1 unspecified atom stereocenters. The normalized spacial score (nSPS) is 12.8. The number of carbonyl (C=O) groups is 1. The molecule has 0 bridgehead atoms. The Morgan fingerprint density at radius 2 is 2.05 bits per heavy atom. The Bertz CT molecular complexity index is 769. The first-order valence-electron chi connectivity index (χ1n) is 5.46. The zero-order valence-corrected chi connectivity index (χ0v) is 10.4. The molecule has 4 N–H and O–H groups in total. The van der Waals surface area contributed by atoms with Gasteiger partial charge in [0, 0.05) is 20.5 Å². The van der Waals surface area contributed by atoms with E-state index in [0.29, 0.717) is 5.82 Å². The molecule has 0 fully saturated rings. The smallest absolute Gasteiger partial charge is 0.329 e. The summed E-state index contributed by atoms with van der Waals surface area (Å²) >= 11 is 0. The van der Waals surface area contributed by atoms with E-state index >= 15 is 0 Å². The average Bonchev–Trinajstić information content (AvgIpc) is 2.64. The van der Waals surface area contributed by atoms with Gasteiger partial charge in [0.1, 0.15) is 11.9 Å². The standard InChI is InChI=1S/C10H13N5O4/c1-14-5(3-4(11)9(17)18)12-7-6(14)8(16)13-10(19)15(7)2/h4H,3,11H2,1-2H3,(H,17,18)(H,13,16,19). The van der Waals surface area contributed by atoms with Crippen LogP contribution in [0.2, 0.25) is 0 Å². The number of aliphatic carboxylic acids is 1. The van der Waals surface area contributed by atoms with Crippen molar-refractivity contribution in [2.45, 2.75) is 12.5 Å². The number of fused-ring (bicyclic) bond motifs is 1. The van der Waals surface area contributed by atoms with Gasteiger partial charge >= 0.3 is 11.7 Å². The molecule has 0 radical (unpaired) electrons. The number of rotatable bonds is 3.